The van der Waals surface area contributed by atoms with E-state index in [2.05, 4.69) is 4.99 Å². The van der Waals surface area contributed by atoms with Crippen LogP contribution < -0.4 is 26.2 Å². The van der Waals surface area contributed by atoms with Crippen molar-refractivity contribution in [3.05, 3.63) is 60.7 Å². The van der Waals surface area contributed by atoms with E-state index in [9.17, 15) is 9.36 Å². The van der Waals surface area contributed by atoms with E-state index in [1.807, 2.05) is 12.1 Å². The fourth-order valence-electron chi connectivity index (χ4n) is 3.59. The molecule has 32 heavy (non-hydrogen) atoms. The van der Waals surface area contributed by atoms with Crippen molar-refractivity contribution in [2.75, 3.05) is 13.1 Å². The van der Waals surface area contributed by atoms with E-state index >= 15 is 0 Å². The number of rotatable bonds is 10. The van der Waals surface area contributed by atoms with Crippen LogP contribution in [0.3, 0.4) is 0 Å². The van der Waals surface area contributed by atoms with Crippen molar-refractivity contribution in [3.63, 3.8) is 0 Å². The molecule has 0 radical (unpaired) electrons. The molecule has 1 heterocycles. The van der Waals surface area contributed by atoms with Crippen LogP contribution >= 0.6 is 7.60 Å². The maximum absolute atomic E-state index is 14.1. The Kier molecular flexibility index (Phi) is 8.14. The van der Waals surface area contributed by atoms with Gasteiger partial charge in [-0.15, -0.1) is 0 Å². The molecule has 1 saturated heterocycles. The SMILES string of the molecule is NC(N)=NCCC[C@H](N)C(=O)N1CCC[C@@H]1P(=O)(Oc1ccccc1)Oc1ccccc1. The van der Waals surface area contributed by atoms with Crippen molar-refractivity contribution in [3.8, 4) is 11.5 Å². The molecule has 0 aliphatic carbocycles. The van der Waals surface area contributed by atoms with Gasteiger partial charge >= 0.3 is 7.60 Å². The molecule has 2 aromatic carbocycles. The van der Waals surface area contributed by atoms with Crippen molar-refractivity contribution < 1.29 is 18.4 Å². The van der Waals surface area contributed by atoms with Crippen LogP contribution in [0.25, 0.3) is 0 Å². The normalized spacial score (nSPS) is 16.9. The van der Waals surface area contributed by atoms with Gasteiger partial charge in [0.25, 0.3) is 0 Å². The number of likely N-dealkylation sites (tertiary alicyclic amines) is 1. The highest BCUT2D eigenvalue weighted by Crippen LogP contribution is 2.57. The lowest BCUT2D eigenvalue weighted by molar-refractivity contribution is -0.132. The first-order valence-electron chi connectivity index (χ1n) is 10.6. The first-order chi connectivity index (χ1) is 15.4. The van der Waals surface area contributed by atoms with Crippen LogP contribution in [-0.4, -0.2) is 41.7 Å². The molecule has 0 aromatic heterocycles. The second-order valence-corrected chi connectivity index (χ2v) is 9.60. The minimum Gasteiger partial charge on any atom is -0.415 e. The summed E-state index contributed by atoms with van der Waals surface area (Å²) in [4.78, 5) is 18.6. The highest BCUT2D eigenvalue weighted by molar-refractivity contribution is 7.55. The number of benzene rings is 2. The summed E-state index contributed by atoms with van der Waals surface area (Å²) >= 11 is 0. The van der Waals surface area contributed by atoms with Gasteiger partial charge in [-0.3, -0.25) is 9.79 Å². The maximum atomic E-state index is 14.1. The number of carbonyl (C=O) groups is 1. The summed E-state index contributed by atoms with van der Waals surface area (Å²) in [5.41, 5.74) is 16.8. The van der Waals surface area contributed by atoms with E-state index in [0.717, 1.165) is 0 Å². The Balaban J connectivity index is 1.79. The van der Waals surface area contributed by atoms with Crippen LogP contribution in [0.2, 0.25) is 0 Å². The van der Waals surface area contributed by atoms with Crippen molar-refractivity contribution in [2.45, 2.75) is 37.5 Å². The fourth-order valence-corrected chi connectivity index (χ4v) is 5.77. The summed E-state index contributed by atoms with van der Waals surface area (Å²) in [5.74, 6) is -0.202. The van der Waals surface area contributed by atoms with E-state index in [0.29, 0.717) is 50.3 Å². The second-order valence-electron chi connectivity index (χ2n) is 7.56. The topological polar surface area (TPSA) is 146 Å². The van der Waals surface area contributed by atoms with E-state index in [-0.39, 0.29) is 11.9 Å². The summed E-state index contributed by atoms with van der Waals surface area (Å²) in [6, 6.07) is 16.9. The third kappa shape index (κ3) is 6.24. The van der Waals surface area contributed by atoms with Crippen LogP contribution in [0, 0.1) is 0 Å². The molecule has 0 bridgehead atoms. The highest BCUT2D eigenvalue weighted by Gasteiger charge is 2.48. The summed E-state index contributed by atoms with van der Waals surface area (Å²) < 4.78 is 26.0. The molecule has 0 unspecified atom stereocenters. The largest absolute Gasteiger partial charge is 0.453 e. The number of para-hydroxylation sites is 2. The van der Waals surface area contributed by atoms with Crippen molar-refractivity contribution in [1.29, 1.82) is 0 Å². The van der Waals surface area contributed by atoms with Gasteiger partial charge in [0.1, 0.15) is 11.5 Å². The van der Waals surface area contributed by atoms with Crippen molar-refractivity contribution >= 4 is 19.5 Å². The second kappa shape index (κ2) is 11.0. The number of aliphatic imine (C=N–C) groups is 1. The lowest BCUT2D eigenvalue weighted by Crippen LogP contribution is -2.46. The lowest BCUT2D eigenvalue weighted by atomic mass is 10.1. The van der Waals surface area contributed by atoms with E-state index in [1.54, 1.807) is 48.5 Å². The average Bonchev–Trinajstić information content (AvgIpc) is 3.28. The fraction of sp³-hybridized carbons (Fsp3) is 0.364. The zero-order chi connectivity index (χ0) is 23.0. The molecule has 1 aliphatic heterocycles. The Morgan fingerprint density at radius 1 is 1.06 bits per heavy atom. The molecule has 6 N–H and O–H groups in total. The van der Waals surface area contributed by atoms with E-state index < -0.39 is 19.4 Å². The summed E-state index contributed by atoms with van der Waals surface area (Å²) in [6.07, 6.45) is 2.13. The predicted octanol–water partition coefficient (Wildman–Crippen LogP) is 2.67. The monoisotopic (exact) mass is 459 g/mol. The maximum Gasteiger partial charge on any atom is 0.453 e. The van der Waals surface area contributed by atoms with Gasteiger partial charge in [0.05, 0.1) is 6.04 Å². The number of nitrogens with two attached hydrogens (primary N) is 3. The van der Waals surface area contributed by atoms with Gasteiger partial charge in [-0.05, 0) is 49.9 Å². The van der Waals surface area contributed by atoms with Crippen LogP contribution in [0.5, 0.6) is 11.5 Å². The minimum absolute atomic E-state index is 0.00145. The minimum atomic E-state index is -3.81. The molecular formula is C22H30N5O4P. The molecule has 9 nitrogen and oxygen atoms in total. The molecule has 0 saturated carbocycles. The van der Waals surface area contributed by atoms with Gasteiger partial charge in [0, 0.05) is 13.1 Å². The van der Waals surface area contributed by atoms with Crippen LogP contribution in [0.1, 0.15) is 25.7 Å². The number of hydrogen-bond donors (Lipinski definition) is 3. The summed E-state index contributed by atoms with van der Waals surface area (Å²) in [5, 5.41) is 0. The number of amides is 1. The van der Waals surface area contributed by atoms with Gasteiger partial charge < -0.3 is 31.1 Å². The molecule has 2 atom stereocenters. The molecule has 0 spiro atoms. The lowest BCUT2D eigenvalue weighted by Gasteiger charge is -2.32. The Hall–Kier alpha value is -3.03. The number of carbonyl (C=O) groups excluding carboxylic acids is 1. The molecular weight excluding hydrogens is 429 g/mol. The first kappa shape index (κ1) is 23.6. The Morgan fingerprint density at radius 2 is 1.62 bits per heavy atom. The van der Waals surface area contributed by atoms with E-state index in [1.165, 1.54) is 4.90 Å². The van der Waals surface area contributed by atoms with Gasteiger partial charge in [0.15, 0.2) is 11.7 Å². The molecule has 1 aliphatic rings. The molecule has 2 aromatic rings. The molecule has 3 rings (SSSR count). The standard InChI is InChI=1S/C22H30N5O4P/c23-19(13-7-15-26-22(24)25)21(28)27-16-8-14-20(27)32(29,30-17-9-3-1-4-10-17)31-18-11-5-2-6-12-18/h1-6,9-12,19-20H,7-8,13-16,23H2,(H4,24,25,26)/t19-,20-/m0/s1. The highest BCUT2D eigenvalue weighted by atomic mass is 31.2. The van der Waals surface area contributed by atoms with Crippen LogP contribution in [0.4, 0.5) is 0 Å². The van der Waals surface area contributed by atoms with E-state index in [4.69, 9.17) is 26.2 Å². The predicted molar refractivity (Wildman–Crippen MR) is 124 cm³/mol. The number of guanidine groups is 1. The molecule has 1 amide bonds. The quantitative estimate of drug-likeness (QED) is 0.214. The third-order valence-corrected chi connectivity index (χ3v) is 7.30. The molecule has 10 heteroatoms. The number of hydrogen-bond acceptors (Lipinski definition) is 6. The smallest absolute Gasteiger partial charge is 0.415 e. The summed E-state index contributed by atoms with van der Waals surface area (Å²) in [6.45, 7) is 0.824. The van der Waals surface area contributed by atoms with Gasteiger partial charge in [-0.1, -0.05) is 36.4 Å². The zero-order valence-electron chi connectivity index (χ0n) is 17.9. The van der Waals surface area contributed by atoms with Gasteiger partial charge in [-0.25, -0.2) is 4.57 Å². The Labute approximate surface area is 188 Å². The van der Waals surface area contributed by atoms with Gasteiger partial charge in [0.2, 0.25) is 5.91 Å². The Morgan fingerprint density at radius 3 is 2.16 bits per heavy atom. The summed E-state index contributed by atoms with van der Waals surface area (Å²) in [7, 11) is -3.81. The van der Waals surface area contributed by atoms with Gasteiger partial charge in [-0.2, -0.15) is 0 Å². The van der Waals surface area contributed by atoms with Crippen LogP contribution in [0.15, 0.2) is 65.7 Å². The Bertz CT molecular complexity index is 908. The van der Waals surface area contributed by atoms with Crippen LogP contribution in [-0.2, 0) is 9.36 Å². The zero-order valence-corrected chi connectivity index (χ0v) is 18.8. The molecule has 172 valence electrons. The van der Waals surface area contributed by atoms with Crippen molar-refractivity contribution in [1.82, 2.24) is 4.90 Å². The third-order valence-electron chi connectivity index (χ3n) is 5.11. The molecule has 1 fully saturated rings. The van der Waals surface area contributed by atoms with Crippen molar-refractivity contribution in [2.24, 2.45) is 22.2 Å². The number of nitrogens with zero attached hydrogens (tertiary/aromatic N) is 2. The average molecular weight is 459 g/mol. The first-order valence-corrected chi connectivity index (χ1v) is 12.2.